The zero-order valence-corrected chi connectivity index (χ0v) is 16.7. The van der Waals surface area contributed by atoms with Crippen LogP contribution in [0.5, 0.6) is 0 Å². The quantitative estimate of drug-likeness (QED) is 0.752. The largest absolute Gasteiger partial charge is 0.478 e. The van der Waals surface area contributed by atoms with Crippen molar-refractivity contribution in [3.63, 3.8) is 0 Å². The van der Waals surface area contributed by atoms with Crippen molar-refractivity contribution in [2.45, 2.75) is 38.1 Å². The SMILES string of the molecule is O=C(O)C=C1CCN(CC2CCCCN2C(=O)Cc2ccc(Cl)c(Cl)c2)C1. The Morgan fingerprint density at radius 2 is 2.00 bits per heavy atom. The van der Waals surface area contributed by atoms with Gasteiger partial charge in [-0.05, 0) is 49.0 Å². The monoisotopic (exact) mass is 410 g/mol. The minimum absolute atomic E-state index is 0.110. The van der Waals surface area contributed by atoms with Gasteiger partial charge in [-0.15, -0.1) is 0 Å². The number of carbonyl (C=O) groups is 2. The van der Waals surface area contributed by atoms with Crippen LogP contribution in [0, 0.1) is 0 Å². The van der Waals surface area contributed by atoms with Crippen LogP contribution >= 0.6 is 23.2 Å². The first-order valence-electron chi connectivity index (χ1n) is 9.30. The van der Waals surface area contributed by atoms with Crippen molar-refractivity contribution in [1.82, 2.24) is 9.80 Å². The molecular weight excluding hydrogens is 387 g/mol. The molecule has 1 amide bonds. The smallest absolute Gasteiger partial charge is 0.328 e. The van der Waals surface area contributed by atoms with Crippen LogP contribution in [-0.4, -0.2) is 59.0 Å². The summed E-state index contributed by atoms with van der Waals surface area (Å²) in [6.45, 7) is 3.10. The minimum atomic E-state index is -0.886. The second-order valence-corrected chi connectivity index (χ2v) is 8.10. The average molecular weight is 411 g/mol. The Kier molecular flexibility index (Phi) is 6.79. The molecule has 0 aliphatic carbocycles. The molecule has 27 heavy (non-hydrogen) atoms. The first kappa shape index (κ1) is 20.2. The number of hydrogen-bond donors (Lipinski definition) is 1. The van der Waals surface area contributed by atoms with Gasteiger partial charge in [-0.3, -0.25) is 9.69 Å². The number of likely N-dealkylation sites (tertiary alicyclic amines) is 2. The Balaban J connectivity index is 1.62. The van der Waals surface area contributed by atoms with Crippen LogP contribution in [0.25, 0.3) is 0 Å². The highest BCUT2D eigenvalue weighted by Crippen LogP contribution is 2.25. The maximum Gasteiger partial charge on any atom is 0.328 e. The second-order valence-electron chi connectivity index (χ2n) is 7.29. The Labute approximate surface area is 169 Å². The number of nitrogens with zero attached hydrogens (tertiary/aromatic N) is 2. The third kappa shape index (κ3) is 5.47. The van der Waals surface area contributed by atoms with Gasteiger partial charge < -0.3 is 10.0 Å². The molecule has 2 saturated heterocycles. The molecule has 0 aromatic heterocycles. The fourth-order valence-electron chi connectivity index (χ4n) is 3.94. The summed E-state index contributed by atoms with van der Waals surface area (Å²) in [5.41, 5.74) is 1.82. The Morgan fingerprint density at radius 3 is 2.74 bits per heavy atom. The summed E-state index contributed by atoms with van der Waals surface area (Å²) in [5.74, 6) is -0.776. The van der Waals surface area contributed by atoms with Crippen molar-refractivity contribution in [2.24, 2.45) is 0 Å². The molecule has 1 aromatic rings. The molecule has 2 aliphatic heterocycles. The molecule has 1 aromatic carbocycles. The van der Waals surface area contributed by atoms with E-state index in [1.807, 2.05) is 11.0 Å². The number of aliphatic carboxylic acids is 1. The predicted octanol–water partition coefficient (Wildman–Crippen LogP) is 3.63. The molecule has 2 heterocycles. The molecule has 2 fully saturated rings. The highest BCUT2D eigenvalue weighted by molar-refractivity contribution is 6.42. The standard InChI is InChI=1S/C20H24Cl2N2O3/c21-17-5-4-14(9-18(17)22)10-19(25)24-7-2-1-3-16(24)13-23-8-6-15(12-23)11-20(26)27/h4-5,9,11,16H,1-3,6-8,10,12-13H2,(H,26,27). The summed E-state index contributed by atoms with van der Waals surface area (Å²) in [5, 5.41) is 9.86. The van der Waals surface area contributed by atoms with E-state index in [-0.39, 0.29) is 11.9 Å². The van der Waals surface area contributed by atoms with Gasteiger partial charge in [-0.25, -0.2) is 4.79 Å². The number of hydrogen-bond acceptors (Lipinski definition) is 3. The number of carboxylic acids is 1. The summed E-state index contributed by atoms with van der Waals surface area (Å²) >= 11 is 12.0. The van der Waals surface area contributed by atoms with Crippen LogP contribution in [0.4, 0.5) is 0 Å². The fourth-order valence-corrected chi connectivity index (χ4v) is 4.26. The van der Waals surface area contributed by atoms with Crippen molar-refractivity contribution in [3.05, 3.63) is 45.5 Å². The van der Waals surface area contributed by atoms with Crippen LogP contribution in [0.15, 0.2) is 29.8 Å². The van der Waals surface area contributed by atoms with Crippen molar-refractivity contribution in [3.8, 4) is 0 Å². The summed E-state index contributed by atoms with van der Waals surface area (Å²) in [6, 6.07) is 5.50. The van der Waals surface area contributed by atoms with E-state index in [0.29, 0.717) is 23.0 Å². The van der Waals surface area contributed by atoms with Gasteiger partial charge in [0.15, 0.2) is 0 Å². The molecule has 5 nitrogen and oxygen atoms in total. The number of benzene rings is 1. The van der Waals surface area contributed by atoms with Crippen LogP contribution in [0.1, 0.15) is 31.2 Å². The number of amides is 1. The van der Waals surface area contributed by atoms with Gasteiger partial charge in [0, 0.05) is 38.3 Å². The Morgan fingerprint density at radius 1 is 1.19 bits per heavy atom. The van der Waals surface area contributed by atoms with Crippen LogP contribution < -0.4 is 0 Å². The van der Waals surface area contributed by atoms with E-state index in [4.69, 9.17) is 28.3 Å². The van der Waals surface area contributed by atoms with Gasteiger partial charge in [0.05, 0.1) is 16.5 Å². The summed E-state index contributed by atoms with van der Waals surface area (Å²) < 4.78 is 0. The van der Waals surface area contributed by atoms with Crippen LogP contribution in [0.2, 0.25) is 10.0 Å². The van der Waals surface area contributed by atoms with Crippen molar-refractivity contribution in [1.29, 1.82) is 0 Å². The van der Waals surface area contributed by atoms with E-state index in [2.05, 4.69) is 4.90 Å². The first-order valence-corrected chi connectivity index (χ1v) is 10.1. The van der Waals surface area contributed by atoms with E-state index >= 15 is 0 Å². The molecule has 7 heteroatoms. The summed E-state index contributed by atoms with van der Waals surface area (Å²) in [6.07, 6.45) is 5.55. The van der Waals surface area contributed by atoms with Gasteiger partial charge in [0.1, 0.15) is 0 Å². The lowest BCUT2D eigenvalue weighted by atomic mass is 10.00. The Hall–Kier alpha value is -1.56. The molecule has 0 radical (unpaired) electrons. The van der Waals surface area contributed by atoms with E-state index in [1.165, 1.54) is 6.08 Å². The maximum atomic E-state index is 12.9. The molecule has 2 aliphatic rings. The number of rotatable bonds is 5. The van der Waals surface area contributed by atoms with Gasteiger partial charge in [0.25, 0.3) is 0 Å². The zero-order valence-electron chi connectivity index (χ0n) is 15.2. The van der Waals surface area contributed by atoms with E-state index in [1.54, 1.807) is 12.1 Å². The third-order valence-corrected chi connectivity index (χ3v) is 6.00. The summed E-state index contributed by atoms with van der Waals surface area (Å²) in [7, 11) is 0. The number of carbonyl (C=O) groups excluding carboxylic acids is 1. The molecule has 0 spiro atoms. The molecule has 146 valence electrons. The van der Waals surface area contributed by atoms with E-state index in [9.17, 15) is 9.59 Å². The van der Waals surface area contributed by atoms with Gasteiger partial charge in [0.2, 0.25) is 5.91 Å². The normalized spacial score (nSPS) is 22.4. The fraction of sp³-hybridized carbons (Fsp3) is 0.500. The van der Waals surface area contributed by atoms with E-state index in [0.717, 1.165) is 56.5 Å². The van der Waals surface area contributed by atoms with Crippen LogP contribution in [0.3, 0.4) is 0 Å². The predicted molar refractivity (Wildman–Crippen MR) is 106 cm³/mol. The van der Waals surface area contributed by atoms with Crippen molar-refractivity contribution < 1.29 is 14.7 Å². The van der Waals surface area contributed by atoms with Gasteiger partial charge >= 0.3 is 5.97 Å². The first-order chi connectivity index (χ1) is 12.9. The lowest BCUT2D eigenvalue weighted by Gasteiger charge is -2.38. The second kappa shape index (κ2) is 9.09. The molecule has 3 rings (SSSR count). The summed E-state index contributed by atoms with van der Waals surface area (Å²) in [4.78, 5) is 28.0. The zero-order chi connectivity index (χ0) is 19.4. The lowest BCUT2D eigenvalue weighted by Crippen LogP contribution is -2.49. The van der Waals surface area contributed by atoms with Crippen molar-refractivity contribution >= 4 is 35.1 Å². The van der Waals surface area contributed by atoms with E-state index < -0.39 is 5.97 Å². The molecule has 1 unspecified atom stereocenters. The molecule has 1 atom stereocenters. The van der Waals surface area contributed by atoms with Crippen molar-refractivity contribution in [2.75, 3.05) is 26.2 Å². The third-order valence-electron chi connectivity index (χ3n) is 5.26. The highest BCUT2D eigenvalue weighted by Gasteiger charge is 2.30. The minimum Gasteiger partial charge on any atom is -0.478 e. The highest BCUT2D eigenvalue weighted by atomic mass is 35.5. The molecule has 0 saturated carbocycles. The number of piperidine rings is 1. The molecule has 1 N–H and O–H groups in total. The molecule has 0 bridgehead atoms. The van der Waals surface area contributed by atoms with Gasteiger partial charge in [-0.2, -0.15) is 0 Å². The maximum absolute atomic E-state index is 12.9. The van der Waals surface area contributed by atoms with Crippen LogP contribution in [-0.2, 0) is 16.0 Å². The molecular formula is C20H24Cl2N2O3. The Bertz CT molecular complexity index is 751. The topological polar surface area (TPSA) is 60.9 Å². The number of halogens is 2. The number of carboxylic acid groups (broad SMARTS) is 1. The average Bonchev–Trinajstić information content (AvgIpc) is 3.04. The lowest BCUT2D eigenvalue weighted by molar-refractivity contribution is -0.134. The van der Waals surface area contributed by atoms with Gasteiger partial charge in [-0.1, -0.05) is 29.3 Å².